The molecule has 0 radical (unpaired) electrons. The Morgan fingerprint density at radius 2 is 1.90 bits per heavy atom. The lowest BCUT2D eigenvalue weighted by Crippen LogP contribution is -2.02. The summed E-state index contributed by atoms with van der Waals surface area (Å²) >= 11 is 6.16. The van der Waals surface area contributed by atoms with Crippen LogP contribution >= 0.6 is 22.9 Å². The topological polar surface area (TPSA) is 0 Å². The molecule has 1 heterocycles. The highest BCUT2D eigenvalue weighted by molar-refractivity contribution is 7.08. The Hall–Kier alpha value is -0.220. The van der Waals surface area contributed by atoms with Gasteiger partial charge in [-0.25, -0.2) is 0 Å². The van der Waals surface area contributed by atoms with Crippen LogP contribution in [-0.2, 0) is 6.18 Å². The molecule has 0 saturated carbocycles. The smallest absolute Gasteiger partial charge is 0.166 e. The number of alkyl halides is 3. The van der Waals surface area contributed by atoms with E-state index in [1.54, 1.807) is 0 Å². The zero-order chi connectivity index (χ0) is 7.78. The van der Waals surface area contributed by atoms with Crippen LogP contribution in [0.5, 0.6) is 0 Å². The third-order valence-corrected chi connectivity index (χ3v) is 2.11. The molecule has 0 spiro atoms. The summed E-state index contributed by atoms with van der Waals surface area (Å²) in [6.07, 6.45) is -4.31. The van der Waals surface area contributed by atoms with Gasteiger partial charge in [-0.1, -0.05) is 11.6 Å². The summed E-state index contributed by atoms with van der Waals surface area (Å²) in [5.41, 5.74) is -0.751. The summed E-state index contributed by atoms with van der Waals surface area (Å²) in [7, 11) is 0. The monoisotopic (exact) mass is 186 g/mol. The van der Waals surface area contributed by atoms with Gasteiger partial charge in [0, 0.05) is 10.8 Å². The molecular formula is C5H2ClF3S. The predicted molar refractivity (Wildman–Crippen MR) is 34.3 cm³/mol. The summed E-state index contributed by atoms with van der Waals surface area (Å²) in [5.74, 6) is 0. The summed E-state index contributed by atoms with van der Waals surface area (Å²) in [5, 5.41) is 2.02. The highest BCUT2D eigenvalue weighted by Crippen LogP contribution is 2.36. The van der Waals surface area contributed by atoms with Gasteiger partial charge in [-0.15, -0.1) is 0 Å². The van der Waals surface area contributed by atoms with Crippen LogP contribution in [0, 0.1) is 0 Å². The molecular weight excluding hydrogens is 185 g/mol. The lowest BCUT2D eigenvalue weighted by molar-refractivity contribution is -0.137. The Morgan fingerprint density at radius 3 is 2.10 bits per heavy atom. The number of rotatable bonds is 0. The molecule has 0 N–H and O–H groups in total. The van der Waals surface area contributed by atoms with Crippen molar-refractivity contribution in [3.8, 4) is 0 Å². The second-order valence-electron chi connectivity index (χ2n) is 1.63. The van der Waals surface area contributed by atoms with Crippen LogP contribution < -0.4 is 0 Å². The van der Waals surface area contributed by atoms with Crippen molar-refractivity contribution in [1.82, 2.24) is 0 Å². The number of halogens is 4. The maximum atomic E-state index is 11.8. The van der Waals surface area contributed by atoms with E-state index in [9.17, 15) is 13.2 Å². The third kappa shape index (κ3) is 1.44. The molecule has 0 bridgehead atoms. The van der Waals surface area contributed by atoms with Crippen molar-refractivity contribution in [1.29, 1.82) is 0 Å². The van der Waals surface area contributed by atoms with Gasteiger partial charge in [-0.05, 0) is 0 Å². The normalized spacial score (nSPS) is 12.0. The van der Waals surface area contributed by atoms with Crippen LogP contribution in [0.25, 0.3) is 0 Å². The highest BCUT2D eigenvalue weighted by Gasteiger charge is 2.33. The van der Waals surface area contributed by atoms with E-state index >= 15 is 0 Å². The molecule has 0 nitrogen and oxygen atoms in total. The van der Waals surface area contributed by atoms with Gasteiger partial charge >= 0.3 is 6.18 Å². The minimum atomic E-state index is -4.31. The largest absolute Gasteiger partial charge is 0.418 e. The lowest BCUT2D eigenvalue weighted by atomic mass is 10.3. The van der Waals surface area contributed by atoms with Gasteiger partial charge < -0.3 is 0 Å². The molecule has 1 rings (SSSR count). The SMILES string of the molecule is FC(F)(F)c1cscc1Cl. The molecule has 0 atom stereocenters. The number of thiophene rings is 1. The first-order valence-corrected chi connectivity index (χ1v) is 3.63. The summed E-state index contributed by atoms with van der Waals surface area (Å²) in [6, 6.07) is 0. The molecule has 1 aromatic heterocycles. The van der Waals surface area contributed by atoms with Crippen molar-refractivity contribution in [3.05, 3.63) is 21.3 Å². The summed E-state index contributed by atoms with van der Waals surface area (Å²) < 4.78 is 35.4. The maximum absolute atomic E-state index is 11.8. The molecule has 1 aromatic rings. The second-order valence-corrected chi connectivity index (χ2v) is 2.78. The van der Waals surface area contributed by atoms with Gasteiger partial charge in [-0.3, -0.25) is 0 Å². The van der Waals surface area contributed by atoms with Crippen molar-refractivity contribution in [2.24, 2.45) is 0 Å². The van der Waals surface area contributed by atoms with Gasteiger partial charge in [0.2, 0.25) is 0 Å². The molecule has 0 unspecified atom stereocenters. The van der Waals surface area contributed by atoms with Crippen molar-refractivity contribution in [2.75, 3.05) is 0 Å². The lowest BCUT2D eigenvalue weighted by Gasteiger charge is -2.02. The Balaban J connectivity index is 3.05. The van der Waals surface area contributed by atoms with Gasteiger partial charge in [0.15, 0.2) is 0 Å². The fourth-order valence-corrected chi connectivity index (χ4v) is 1.58. The average molecular weight is 187 g/mol. The zero-order valence-corrected chi connectivity index (χ0v) is 6.15. The number of hydrogen-bond acceptors (Lipinski definition) is 1. The minimum Gasteiger partial charge on any atom is -0.166 e. The van der Waals surface area contributed by atoms with E-state index in [4.69, 9.17) is 11.6 Å². The Bertz CT molecular complexity index is 227. The van der Waals surface area contributed by atoms with E-state index < -0.39 is 11.7 Å². The molecule has 0 amide bonds. The van der Waals surface area contributed by atoms with E-state index in [-0.39, 0.29) is 5.02 Å². The van der Waals surface area contributed by atoms with Gasteiger partial charge in [-0.2, -0.15) is 24.5 Å². The van der Waals surface area contributed by atoms with Gasteiger partial charge in [0.25, 0.3) is 0 Å². The van der Waals surface area contributed by atoms with Crippen LogP contribution in [0.3, 0.4) is 0 Å². The Kier molecular flexibility index (Phi) is 1.92. The first-order chi connectivity index (χ1) is 4.52. The molecule has 56 valence electrons. The van der Waals surface area contributed by atoms with Crippen molar-refractivity contribution in [2.45, 2.75) is 6.18 Å². The molecule has 10 heavy (non-hydrogen) atoms. The Morgan fingerprint density at radius 1 is 1.30 bits per heavy atom. The van der Waals surface area contributed by atoms with Crippen molar-refractivity contribution >= 4 is 22.9 Å². The molecule has 0 aliphatic carbocycles. The van der Waals surface area contributed by atoms with Crippen molar-refractivity contribution in [3.63, 3.8) is 0 Å². The molecule has 0 saturated heterocycles. The molecule has 0 aromatic carbocycles. The fourth-order valence-electron chi connectivity index (χ4n) is 0.484. The van der Waals surface area contributed by atoms with Crippen LogP contribution in [0.4, 0.5) is 13.2 Å². The third-order valence-electron chi connectivity index (χ3n) is 0.920. The second kappa shape index (κ2) is 2.43. The van der Waals surface area contributed by atoms with Gasteiger partial charge in [0.1, 0.15) is 0 Å². The fraction of sp³-hybridized carbons (Fsp3) is 0.200. The zero-order valence-electron chi connectivity index (χ0n) is 4.57. The quantitative estimate of drug-likeness (QED) is 0.583. The molecule has 0 aliphatic rings. The van der Waals surface area contributed by atoms with Crippen LogP contribution in [-0.4, -0.2) is 0 Å². The average Bonchev–Trinajstić information content (AvgIpc) is 2.11. The van der Waals surface area contributed by atoms with E-state index in [1.165, 1.54) is 5.38 Å². The van der Waals surface area contributed by atoms with Crippen LogP contribution in [0.1, 0.15) is 5.56 Å². The maximum Gasteiger partial charge on any atom is 0.418 e. The van der Waals surface area contributed by atoms with E-state index in [0.717, 1.165) is 16.7 Å². The number of hydrogen-bond donors (Lipinski definition) is 0. The molecule has 0 aliphatic heterocycles. The standard InChI is InChI=1S/C5H2ClF3S/c6-4-2-10-1-3(4)5(7,8)9/h1-2H. The van der Waals surface area contributed by atoms with Crippen LogP contribution in [0.2, 0.25) is 5.02 Å². The van der Waals surface area contributed by atoms with E-state index in [1.807, 2.05) is 0 Å². The Labute approximate surface area is 64.2 Å². The van der Waals surface area contributed by atoms with Gasteiger partial charge in [0.05, 0.1) is 10.6 Å². The van der Waals surface area contributed by atoms with E-state index in [0.29, 0.717) is 0 Å². The first kappa shape index (κ1) is 7.88. The van der Waals surface area contributed by atoms with Crippen molar-refractivity contribution < 1.29 is 13.2 Å². The predicted octanol–water partition coefficient (Wildman–Crippen LogP) is 3.42. The first-order valence-electron chi connectivity index (χ1n) is 2.30. The summed E-state index contributed by atoms with van der Waals surface area (Å²) in [4.78, 5) is 0. The van der Waals surface area contributed by atoms with E-state index in [2.05, 4.69) is 0 Å². The summed E-state index contributed by atoms with van der Waals surface area (Å²) in [6.45, 7) is 0. The minimum absolute atomic E-state index is 0.225. The molecule has 5 heteroatoms. The van der Waals surface area contributed by atoms with Crippen LogP contribution in [0.15, 0.2) is 10.8 Å². The molecule has 0 fully saturated rings. The highest BCUT2D eigenvalue weighted by atomic mass is 35.5.